The Hall–Kier alpha value is -1.62. The number of hydrogen-bond donors (Lipinski definition) is 1. The van der Waals surface area contributed by atoms with Gasteiger partial charge in [0.15, 0.2) is 0 Å². The van der Waals surface area contributed by atoms with E-state index in [1.54, 1.807) is 4.68 Å². The largest absolute Gasteiger partial charge is 0.361 e. The molecular weight excluding hydrogens is 204 g/mol. The molecule has 0 bridgehead atoms. The van der Waals surface area contributed by atoms with Crippen molar-refractivity contribution in [2.24, 2.45) is 7.05 Å². The fourth-order valence-corrected chi connectivity index (χ4v) is 1.65. The highest BCUT2D eigenvalue weighted by molar-refractivity contribution is 5.20. The first kappa shape index (κ1) is 10.9. The zero-order chi connectivity index (χ0) is 11.5. The molecular formula is C11H16N4O. The van der Waals surface area contributed by atoms with E-state index in [9.17, 15) is 0 Å². The van der Waals surface area contributed by atoms with Crippen LogP contribution >= 0.6 is 0 Å². The van der Waals surface area contributed by atoms with Gasteiger partial charge in [0, 0.05) is 37.5 Å². The van der Waals surface area contributed by atoms with Crippen molar-refractivity contribution in [1.29, 1.82) is 0 Å². The summed E-state index contributed by atoms with van der Waals surface area (Å²) in [5.74, 6) is 0.885. The van der Waals surface area contributed by atoms with Crippen molar-refractivity contribution in [3.05, 3.63) is 35.0 Å². The van der Waals surface area contributed by atoms with Crippen LogP contribution < -0.4 is 5.32 Å². The third-order valence-corrected chi connectivity index (χ3v) is 2.57. The molecule has 0 unspecified atom stereocenters. The molecule has 0 aliphatic carbocycles. The zero-order valence-electron chi connectivity index (χ0n) is 9.82. The molecule has 0 spiro atoms. The highest BCUT2D eigenvalue weighted by Gasteiger charge is 2.07. The molecule has 2 heterocycles. The van der Waals surface area contributed by atoms with E-state index in [4.69, 9.17) is 4.52 Å². The topological polar surface area (TPSA) is 55.9 Å². The number of nitrogens with zero attached hydrogens (tertiary/aromatic N) is 3. The molecule has 0 saturated heterocycles. The molecule has 2 rings (SSSR count). The van der Waals surface area contributed by atoms with Crippen molar-refractivity contribution in [2.75, 3.05) is 0 Å². The van der Waals surface area contributed by atoms with Gasteiger partial charge in [-0.1, -0.05) is 5.16 Å². The van der Waals surface area contributed by atoms with Crippen molar-refractivity contribution in [2.45, 2.75) is 26.9 Å². The van der Waals surface area contributed by atoms with Crippen LogP contribution in [0.25, 0.3) is 0 Å². The molecule has 2 aromatic rings. The fraction of sp³-hybridized carbons (Fsp3) is 0.455. The van der Waals surface area contributed by atoms with Crippen LogP contribution in [0.2, 0.25) is 0 Å². The van der Waals surface area contributed by atoms with Crippen LogP contribution in [0.5, 0.6) is 0 Å². The average molecular weight is 220 g/mol. The van der Waals surface area contributed by atoms with Crippen molar-refractivity contribution in [3.8, 4) is 0 Å². The summed E-state index contributed by atoms with van der Waals surface area (Å²) in [6, 6.07) is 0. The van der Waals surface area contributed by atoms with Crippen LogP contribution in [0, 0.1) is 13.8 Å². The Morgan fingerprint density at radius 2 is 2.19 bits per heavy atom. The van der Waals surface area contributed by atoms with Crippen LogP contribution in [-0.4, -0.2) is 14.9 Å². The van der Waals surface area contributed by atoms with Gasteiger partial charge in [0.25, 0.3) is 0 Å². The molecule has 0 atom stereocenters. The first-order valence-electron chi connectivity index (χ1n) is 5.27. The van der Waals surface area contributed by atoms with Crippen LogP contribution in [-0.2, 0) is 20.1 Å². The van der Waals surface area contributed by atoms with E-state index in [1.807, 2.05) is 33.3 Å². The minimum absolute atomic E-state index is 0.774. The summed E-state index contributed by atoms with van der Waals surface area (Å²) in [6.07, 6.45) is 3.86. The minimum Gasteiger partial charge on any atom is -0.361 e. The van der Waals surface area contributed by atoms with Crippen molar-refractivity contribution in [1.82, 2.24) is 20.3 Å². The first-order chi connectivity index (χ1) is 7.66. The predicted octanol–water partition coefficient (Wildman–Crippen LogP) is 1.31. The standard InChI is InChI=1S/C11H16N4O/c1-8-11(9(2)16-14-8)6-12-4-10-5-13-15(3)7-10/h5,7,12H,4,6H2,1-3H3. The predicted molar refractivity (Wildman–Crippen MR) is 59.7 cm³/mol. The number of aryl methyl sites for hydroxylation is 3. The molecule has 16 heavy (non-hydrogen) atoms. The molecule has 86 valence electrons. The lowest BCUT2D eigenvalue weighted by Gasteiger charge is -2.01. The lowest BCUT2D eigenvalue weighted by atomic mass is 10.2. The number of hydrogen-bond acceptors (Lipinski definition) is 4. The molecule has 5 nitrogen and oxygen atoms in total. The van der Waals surface area contributed by atoms with E-state index in [0.717, 1.165) is 30.1 Å². The minimum atomic E-state index is 0.774. The molecule has 0 aliphatic rings. The van der Waals surface area contributed by atoms with Gasteiger partial charge < -0.3 is 9.84 Å². The molecule has 1 N–H and O–H groups in total. The molecule has 5 heteroatoms. The van der Waals surface area contributed by atoms with Crippen molar-refractivity contribution >= 4 is 0 Å². The molecule has 0 fully saturated rings. The Morgan fingerprint density at radius 1 is 1.38 bits per heavy atom. The van der Waals surface area contributed by atoms with Crippen LogP contribution in [0.1, 0.15) is 22.6 Å². The first-order valence-corrected chi connectivity index (χ1v) is 5.27. The summed E-state index contributed by atoms with van der Waals surface area (Å²) in [5.41, 5.74) is 3.27. The fourth-order valence-electron chi connectivity index (χ4n) is 1.65. The van der Waals surface area contributed by atoms with Gasteiger partial charge >= 0.3 is 0 Å². The van der Waals surface area contributed by atoms with Crippen molar-refractivity contribution in [3.63, 3.8) is 0 Å². The summed E-state index contributed by atoms with van der Waals surface area (Å²) in [5, 5.41) is 11.4. The SMILES string of the molecule is Cc1noc(C)c1CNCc1cnn(C)c1. The van der Waals surface area contributed by atoms with E-state index in [1.165, 1.54) is 5.56 Å². The summed E-state index contributed by atoms with van der Waals surface area (Å²) >= 11 is 0. The Labute approximate surface area is 94.4 Å². The normalized spacial score (nSPS) is 10.9. The highest BCUT2D eigenvalue weighted by atomic mass is 16.5. The Kier molecular flexibility index (Phi) is 3.05. The Morgan fingerprint density at radius 3 is 2.75 bits per heavy atom. The van der Waals surface area contributed by atoms with Crippen molar-refractivity contribution < 1.29 is 4.52 Å². The van der Waals surface area contributed by atoms with Gasteiger partial charge in [-0.2, -0.15) is 5.10 Å². The maximum atomic E-state index is 5.10. The van der Waals surface area contributed by atoms with Gasteiger partial charge in [0.2, 0.25) is 0 Å². The van der Waals surface area contributed by atoms with E-state index in [2.05, 4.69) is 15.6 Å². The highest BCUT2D eigenvalue weighted by Crippen LogP contribution is 2.11. The molecule has 2 aromatic heterocycles. The van der Waals surface area contributed by atoms with Gasteiger partial charge in [-0.25, -0.2) is 0 Å². The zero-order valence-corrected chi connectivity index (χ0v) is 9.82. The smallest absolute Gasteiger partial charge is 0.138 e. The molecule has 0 aromatic carbocycles. The monoisotopic (exact) mass is 220 g/mol. The van der Waals surface area contributed by atoms with Crippen LogP contribution in [0.4, 0.5) is 0 Å². The van der Waals surface area contributed by atoms with Gasteiger partial charge in [-0.3, -0.25) is 4.68 Å². The number of nitrogens with one attached hydrogen (secondary N) is 1. The Balaban J connectivity index is 1.89. The van der Waals surface area contributed by atoms with Gasteiger partial charge in [0.05, 0.1) is 11.9 Å². The number of rotatable bonds is 4. The Bertz CT molecular complexity index is 453. The third-order valence-electron chi connectivity index (χ3n) is 2.57. The average Bonchev–Trinajstić information content (AvgIpc) is 2.78. The summed E-state index contributed by atoms with van der Waals surface area (Å²) < 4.78 is 6.89. The second-order valence-electron chi connectivity index (χ2n) is 3.93. The van der Waals surface area contributed by atoms with Crippen LogP contribution in [0.15, 0.2) is 16.9 Å². The van der Waals surface area contributed by atoms with E-state index >= 15 is 0 Å². The van der Waals surface area contributed by atoms with E-state index in [-0.39, 0.29) is 0 Å². The van der Waals surface area contributed by atoms with Gasteiger partial charge in [-0.05, 0) is 13.8 Å². The molecule has 0 saturated carbocycles. The second-order valence-corrected chi connectivity index (χ2v) is 3.93. The summed E-state index contributed by atoms with van der Waals surface area (Å²) in [4.78, 5) is 0. The molecule has 0 radical (unpaired) electrons. The van der Waals surface area contributed by atoms with Gasteiger partial charge in [0.1, 0.15) is 5.76 Å². The third kappa shape index (κ3) is 2.30. The lowest BCUT2D eigenvalue weighted by Crippen LogP contribution is -2.13. The number of aromatic nitrogens is 3. The summed E-state index contributed by atoms with van der Waals surface area (Å²) in [7, 11) is 1.91. The van der Waals surface area contributed by atoms with Gasteiger partial charge in [-0.15, -0.1) is 0 Å². The van der Waals surface area contributed by atoms with Crippen LogP contribution in [0.3, 0.4) is 0 Å². The quantitative estimate of drug-likeness (QED) is 0.844. The summed E-state index contributed by atoms with van der Waals surface area (Å²) in [6.45, 7) is 5.46. The maximum absolute atomic E-state index is 5.10. The maximum Gasteiger partial charge on any atom is 0.138 e. The van der Waals surface area contributed by atoms with E-state index < -0.39 is 0 Å². The molecule has 0 amide bonds. The molecule has 0 aliphatic heterocycles. The van der Waals surface area contributed by atoms with E-state index in [0.29, 0.717) is 0 Å². The second kappa shape index (κ2) is 4.49. The lowest BCUT2D eigenvalue weighted by molar-refractivity contribution is 0.392.